The zero-order valence-corrected chi connectivity index (χ0v) is 16.8. The van der Waals surface area contributed by atoms with E-state index < -0.39 is 16.0 Å². The lowest BCUT2D eigenvalue weighted by molar-refractivity contribution is -0.137. The molecule has 8 heteroatoms. The van der Waals surface area contributed by atoms with E-state index in [0.717, 1.165) is 0 Å². The quantitative estimate of drug-likeness (QED) is 0.479. The monoisotopic (exact) mass is 403 g/mol. The van der Waals surface area contributed by atoms with Gasteiger partial charge in [0.1, 0.15) is 0 Å². The van der Waals surface area contributed by atoms with Crippen LogP contribution < -0.4 is 0 Å². The summed E-state index contributed by atoms with van der Waals surface area (Å²) in [4.78, 5) is 11.5. The first-order valence-corrected chi connectivity index (χ1v) is 10.2. The molecule has 1 aromatic rings. The van der Waals surface area contributed by atoms with E-state index in [0.29, 0.717) is 5.02 Å². The number of ether oxygens (including phenoxy) is 1. The molecule has 1 unspecified atom stereocenters. The van der Waals surface area contributed by atoms with Gasteiger partial charge in [-0.05, 0) is 43.0 Å². The van der Waals surface area contributed by atoms with Crippen LogP contribution in [0.4, 0.5) is 0 Å². The normalized spacial score (nSPS) is 13.5. The van der Waals surface area contributed by atoms with Crippen LogP contribution in [0.3, 0.4) is 0 Å². The van der Waals surface area contributed by atoms with Crippen molar-refractivity contribution in [3.8, 4) is 0 Å². The SMILES string of the molecule is CCOC(=O)/C=C/CN(CC(CO)C(C)C)S(=O)(=O)c1ccc(Cl)cc1. The van der Waals surface area contributed by atoms with Gasteiger partial charge < -0.3 is 9.84 Å². The van der Waals surface area contributed by atoms with Gasteiger partial charge in [0.15, 0.2) is 0 Å². The van der Waals surface area contributed by atoms with Gasteiger partial charge in [0, 0.05) is 30.8 Å². The topological polar surface area (TPSA) is 83.9 Å². The van der Waals surface area contributed by atoms with Gasteiger partial charge in [0.05, 0.1) is 11.5 Å². The average molecular weight is 404 g/mol. The van der Waals surface area contributed by atoms with Crippen LogP contribution in [0.2, 0.25) is 5.02 Å². The number of benzene rings is 1. The molecule has 0 amide bonds. The molecule has 0 saturated carbocycles. The Morgan fingerprint density at radius 1 is 1.31 bits per heavy atom. The lowest BCUT2D eigenvalue weighted by Gasteiger charge is -2.27. The molecular weight excluding hydrogens is 378 g/mol. The molecule has 0 spiro atoms. The molecule has 1 atom stereocenters. The molecular formula is C18H26ClNO5S. The Morgan fingerprint density at radius 2 is 1.92 bits per heavy atom. The molecule has 0 heterocycles. The second-order valence-electron chi connectivity index (χ2n) is 6.12. The number of sulfonamides is 1. The molecule has 0 bridgehead atoms. The molecule has 1 N–H and O–H groups in total. The summed E-state index contributed by atoms with van der Waals surface area (Å²) < 4.78 is 32.0. The molecule has 6 nitrogen and oxygen atoms in total. The third kappa shape index (κ3) is 6.72. The lowest BCUT2D eigenvalue weighted by Crippen LogP contribution is -2.38. The molecule has 1 rings (SSSR count). The first-order chi connectivity index (χ1) is 12.2. The maximum absolute atomic E-state index is 13.0. The van der Waals surface area contributed by atoms with Crippen LogP contribution >= 0.6 is 11.6 Å². The number of hydrogen-bond donors (Lipinski definition) is 1. The second-order valence-corrected chi connectivity index (χ2v) is 8.49. The van der Waals surface area contributed by atoms with Crippen LogP contribution in [0.1, 0.15) is 20.8 Å². The summed E-state index contributed by atoms with van der Waals surface area (Å²) in [7, 11) is -3.81. The summed E-state index contributed by atoms with van der Waals surface area (Å²) in [6.07, 6.45) is 2.65. The fraction of sp³-hybridized carbons (Fsp3) is 0.500. The maximum atomic E-state index is 13.0. The zero-order chi connectivity index (χ0) is 19.7. The van der Waals surface area contributed by atoms with Gasteiger partial charge in [-0.2, -0.15) is 4.31 Å². The van der Waals surface area contributed by atoms with E-state index in [1.165, 1.54) is 40.7 Å². The maximum Gasteiger partial charge on any atom is 0.330 e. The molecule has 26 heavy (non-hydrogen) atoms. The van der Waals surface area contributed by atoms with Crippen LogP contribution in [0.25, 0.3) is 0 Å². The first kappa shape index (κ1) is 22.6. The lowest BCUT2D eigenvalue weighted by atomic mass is 9.97. The minimum Gasteiger partial charge on any atom is -0.463 e. The van der Waals surface area contributed by atoms with Crippen LogP contribution in [-0.2, 0) is 19.6 Å². The van der Waals surface area contributed by atoms with Gasteiger partial charge in [-0.3, -0.25) is 0 Å². The number of carbonyl (C=O) groups excluding carboxylic acids is 1. The van der Waals surface area contributed by atoms with Crippen molar-refractivity contribution >= 4 is 27.6 Å². The molecule has 0 aliphatic heterocycles. The molecule has 0 saturated heterocycles. The average Bonchev–Trinajstić information content (AvgIpc) is 2.58. The van der Waals surface area contributed by atoms with Gasteiger partial charge in [0.2, 0.25) is 10.0 Å². The Labute approximate surface area is 160 Å². The molecule has 0 aliphatic rings. The van der Waals surface area contributed by atoms with Gasteiger partial charge >= 0.3 is 5.97 Å². The first-order valence-electron chi connectivity index (χ1n) is 8.42. The Hall–Kier alpha value is -1.41. The highest BCUT2D eigenvalue weighted by Crippen LogP contribution is 2.21. The number of hydrogen-bond acceptors (Lipinski definition) is 5. The summed E-state index contributed by atoms with van der Waals surface area (Å²) >= 11 is 5.83. The van der Waals surface area contributed by atoms with Crippen molar-refractivity contribution in [1.29, 1.82) is 0 Å². The Bertz CT molecular complexity index is 701. The van der Waals surface area contributed by atoms with Crippen molar-refractivity contribution in [2.24, 2.45) is 11.8 Å². The summed E-state index contributed by atoms with van der Waals surface area (Å²) in [5.41, 5.74) is 0. The van der Waals surface area contributed by atoms with Crippen LogP contribution in [0, 0.1) is 11.8 Å². The van der Waals surface area contributed by atoms with Crippen molar-refractivity contribution in [3.05, 3.63) is 41.4 Å². The van der Waals surface area contributed by atoms with E-state index in [-0.39, 0.29) is 43.0 Å². The largest absolute Gasteiger partial charge is 0.463 e. The summed E-state index contributed by atoms with van der Waals surface area (Å²) in [6, 6.07) is 5.88. The van der Waals surface area contributed by atoms with Crippen molar-refractivity contribution in [3.63, 3.8) is 0 Å². The number of rotatable bonds is 10. The third-order valence-corrected chi connectivity index (χ3v) is 6.01. The van der Waals surface area contributed by atoms with E-state index >= 15 is 0 Å². The molecule has 0 fully saturated rings. The molecule has 146 valence electrons. The highest BCUT2D eigenvalue weighted by molar-refractivity contribution is 7.89. The highest BCUT2D eigenvalue weighted by atomic mass is 35.5. The fourth-order valence-electron chi connectivity index (χ4n) is 2.22. The number of carbonyl (C=O) groups is 1. The zero-order valence-electron chi connectivity index (χ0n) is 15.3. The Balaban J connectivity index is 3.09. The Kier molecular flexibility index (Phi) is 9.29. The minimum atomic E-state index is -3.81. The standard InChI is InChI=1S/C18H26ClNO5S/c1-4-25-18(22)6-5-11-20(12-15(13-21)14(2)3)26(23,24)17-9-7-16(19)8-10-17/h5-10,14-15,21H,4,11-13H2,1-3H3/b6-5+. The predicted octanol–water partition coefficient (Wildman–Crippen LogP) is 2.71. The van der Waals surface area contributed by atoms with Crippen LogP contribution in [-0.4, -0.2) is 50.1 Å². The van der Waals surface area contributed by atoms with Gasteiger partial charge in [-0.1, -0.05) is 31.5 Å². The van der Waals surface area contributed by atoms with Crippen molar-refractivity contribution in [2.75, 3.05) is 26.3 Å². The second kappa shape index (κ2) is 10.7. The van der Waals surface area contributed by atoms with Crippen molar-refractivity contribution < 1.29 is 23.1 Å². The smallest absolute Gasteiger partial charge is 0.330 e. The number of aliphatic hydroxyl groups is 1. The van der Waals surface area contributed by atoms with E-state index in [2.05, 4.69) is 0 Å². The highest BCUT2D eigenvalue weighted by Gasteiger charge is 2.27. The van der Waals surface area contributed by atoms with Gasteiger partial charge in [0.25, 0.3) is 0 Å². The summed E-state index contributed by atoms with van der Waals surface area (Å²) in [6.45, 7) is 5.77. The number of halogens is 1. The minimum absolute atomic E-state index is 0.00695. The molecule has 1 aromatic carbocycles. The van der Waals surface area contributed by atoms with E-state index in [9.17, 15) is 18.3 Å². The molecule has 0 radical (unpaired) electrons. The fourth-order valence-corrected chi connectivity index (χ4v) is 3.80. The number of aliphatic hydroxyl groups excluding tert-OH is 1. The third-order valence-electron chi connectivity index (χ3n) is 3.92. The van der Waals surface area contributed by atoms with Crippen molar-refractivity contribution in [2.45, 2.75) is 25.7 Å². The van der Waals surface area contributed by atoms with E-state index in [1.54, 1.807) is 6.92 Å². The number of nitrogens with zero attached hydrogens (tertiary/aromatic N) is 1. The summed E-state index contributed by atoms with van der Waals surface area (Å²) in [5, 5.41) is 10.0. The van der Waals surface area contributed by atoms with Crippen LogP contribution in [0.15, 0.2) is 41.3 Å². The molecule has 0 aromatic heterocycles. The molecule has 0 aliphatic carbocycles. The van der Waals surface area contributed by atoms with E-state index in [4.69, 9.17) is 16.3 Å². The number of esters is 1. The predicted molar refractivity (Wildman–Crippen MR) is 101 cm³/mol. The van der Waals surface area contributed by atoms with Gasteiger partial charge in [-0.25, -0.2) is 13.2 Å². The summed E-state index contributed by atoms with van der Waals surface area (Å²) in [5.74, 6) is -0.663. The van der Waals surface area contributed by atoms with Gasteiger partial charge in [-0.15, -0.1) is 0 Å². The van der Waals surface area contributed by atoms with Crippen molar-refractivity contribution in [1.82, 2.24) is 4.31 Å². The van der Waals surface area contributed by atoms with E-state index in [1.807, 2.05) is 13.8 Å². The van der Waals surface area contributed by atoms with Crippen LogP contribution in [0.5, 0.6) is 0 Å². The Morgan fingerprint density at radius 3 is 2.42 bits per heavy atom.